The lowest BCUT2D eigenvalue weighted by atomic mass is 10.8. The average Bonchev–Trinajstić information content (AvgIpc) is 1.86. The van der Waals surface area contributed by atoms with Gasteiger partial charge in [-0.1, -0.05) is 4.57 Å². The first-order valence-electron chi connectivity index (χ1n) is 2.02. The second kappa shape index (κ2) is 1.67. The van der Waals surface area contributed by atoms with E-state index in [1.54, 1.807) is 0 Å². The van der Waals surface area contributed by atoms with E-state index in [1.165, 1.54) is 0 Å². The van der Waals surface area contributed by atoms with Crippen LogP contribution in [0.15, 0.2) is 0 Å². The van der Waals surface area contributed by atoms with Crippen LogP contribution in [-0.2, 0) is 4.57 Å². The van der Waals surface area contributed by atoms with Gasteiger partial charge in [0.25, 0.3) is 0 Å². The summed E-state index contributed by atoms with van der Waals surface area (Å²) >= 11 is 0. The molecule has 0 bridgehead atoms. The quantitative estimate of drug-likeness (QED) is 0.450. The predicted molar refractivity (Wildman–Crippen MR) is 25.3 cm³/mol. The highest BCUT2D eigenvalue weighted by molar-refractivity contribution is 7.44. The van der Waals surface area contributed by atoms with Crippen molar-refractivity contribution in [2.75, 3.05) is 19.0 Å². The standard InChI is InChI=1S/C3H7NOP/c5-6-2-1-4-3-6/h4H,1-3H2/q+1. The maximum absolute atomic E-state index is 10.3. The highest BCUT2D eigenvalue weighted by atomic mass is 31.1. The van der Waals surface area contributed by atoms with Crippen LogP contribution >= 0.6 is 7.80 Å². The van der Waals surface area contributed by atoms with E-state index in [4.69, 9.17) is 0 Å². The van der Waals surface area contributed by atoms with Gasteiger partial charge < -0.3 is 0 Å². The first-order chi connectivity index (χ1) is 2.89. The average molecular weight is 104 g/mol. The summed E-state index contributed by atoms with van der Waals surface area (Å²) in [6.07, 6.45) is 1.63. The molecule has 0 saturated carbocycles. The van der Waals surface area contributed by atoms with Crippen LogP contribution in [-0.4, -0.2) is 19.0 Å². The van der Waals surface area contributed by atoms with Crippen LogP contribution in [0.3, 0.4) is 0 Å². The van der Waals surface area contributed by atoms with Crippen molar-refractivity contribution in [2.45, 2.75) is 0 Å². The van der Waals surface area contributed by atoms with Gasteiger partial charge in [-0.25, -0.2) is 0 Å². The molecule has 0 aromatic heterocycles. The Hall–Kier alpha value is 0.0600. The first-order valence-corrected chi connectivity index (χ1v) is 3.65. The van der Waals surface area contributed by atoms with Gasteiger partial charge in [-0.2, -0.15) is 0 Å². The van der Waals surface area contributed by atoms with E-state index >= 15 is 0 Å². The highest BCUT2D eigenvalue weighted by Crippen LogP contribution is 2.20. The van der Waals surface area contributed by atoms with Crippen molar-refractivity contribution >= 4 is 7.80 Å². The van der Waals surface area contributed by atoms with Gasteiger partial charge in [0.1, 0.15) is 0 Å². The van der Waals surface area contributed by atoms with E-state index in [0.717, 1.165) is 19.0 Å². The molecule has 1 atom stereocenters. The van der Waals surface area contributed by atoms with Gasteiger partial charge in [-0.05, 0) is 0 Å². The van der Waals surface area contributed by atoms with Crippen molar-refractivity contribution in [3.63, 3.8) is 0 Å². The number of rotatable bonds is 0. The molecule has 1 aliphatic rings. The molecule has 1 unspecified atom stereocenters. The summed E-state index contributed by atoms with van der Waals surface area (Å²) in [5.74, 6) is 0. The molecule has 0 amide bonds. The topological polar surface area (TPSA) is 29.1 Å². The van der Waals surface area contributed by atoms with E-state index in [2.05, 4.69) is 5.32 Å². The molecule has 1 N–H and O–H groups in total. The number of hydrogen-bond acceptors (Lipinski definition) is 2. The smallest absolute Gasteiger partial charge is 0.272 e. The summed E-state index contributed by atoms with van der Waals surface area (Å²) < 4.78 is 10.3. The van der Waals surface area contributed by atoms with Crippen LogP contribution in [0.5, 0.6) is 0 Å². The lowest BCUT2D eigenvalue weighted by Crippen LogP contribution is -2.04. The SMILES string of the molecule is O=[P+]1CCNC1. The molecule has 1 heterocycles. The second-order valence-electron chi connectivity index (χ2n) is 1.36. The van der Waals surface area contributed by atoms with Gasteiger partial charge >= 0.3 is 7.80 Å². The number of nitrogens with one attached hydrogen (secondary N) is 1. The molecular formula is C3H7NOP+. The molecule has 1 rings (SSSR count). The molecule has 0 aliphatic carbocycles. The van der Waals surface area contributed by atoms with Crippen LogP contribution < -0.4 is 5.32 Å². The zero-order chi connectivity index (χ0) is 4.41. The molecule has 0 radical (unpaired) electrons. The van der Waals surface area contributed by atoms with Gasteiger partial charge in [-0.15, -0.1) is 0 Å². The summed E-state index contributed by atoms with van der Waals surface area (Å²) in [5, 5.41) is 2.99. The van der Waals surface area contributed by atoms with Crippen LogP contribution in [0, 0.1) is 0 Å². The van der Waals surface area contributed by atoms with Crippen LogP contribution in [0.2, 0.25) is 0 Å². The lowest BCUT2D eigenvalue weighted by molar-refractivity contribution is 0.591. The summed E-state index contributed by atoms with van der Waals surface area (Å²) in [5.41, 5.74) is 0. The van der Waals surface area contributed by atoms with E-state index in [0.29, 0.717) is 0 Å². The highest BCUT2D eigenvalue weighted by Gasteiger charge is 2.19. The van der Waals surface area contributed by atoms with Crippen molar-refractivity contribution in [1.29, 1.82) is 0 Å². The Bertz CT molecular complexity index is 65.2. The third kappa shape index (κ3) is 0.763. The summed E-state index contributed by atoms with van der Waals surface area (Å²) in [6.45, 7) is 0.954. The molecule has 0 aromatic carbocycles. The fourth-order valence-electron chi connectivity index (χ4n) is 0.487. The lowest BCUT2D eigenvalue weighted by Gasteiger charge is -1.67. The minimum absolute atomic E-state index is 0.745. The normalized spacial score (nSPS) is 28.3. The Morgan fingerprint density at radius 1 is 1.67 bits per heavy atom. The van der Waals surface area contributed by atoms with Crippen molar-refractivity contribution in [2.24, 2.45) is 0 Å². The Morgan fingerprint density at radius 2 is 2.50 bits per heavy atom. The maximum Gasteiger partial charge on any atom is 0.355 e. The molecule has 1 aliphatic heterocycles. The minimum Gasteiger partial charge on any atom is -0.272 e. The van der Waals surface area contributed by atoms with Crippen molar-refractivity contribution in [3.8, 4) is 0 Å². The molecule has 0 aromatic rings. The zero-order valence-electron chi connectivity index (χ0n) is 3.48. The molecular weight excluding hydrogens is 97.0 g/mol. The Morgan fingerprint density at radius 3 is 2.67 bits per heavy atom. The van der Waals surface area contributed by atoms with Crippen molar-refractivity contribution in [3.05, 3.63) is 0 Å². The fourth-order valence-corrected chi connectivity index (χ4v) is 1.46. The Kier molecular flexibility index (Phi) is 1.18. The largest absolute Gasteiger partial charge is 0.355 e. The van der Waals surface area contributed by atoms with Gasteiger partial charge in [0, 0.05) is 6.54 Å². The maximum atomic E-state index is 10.3. The molecule has 1 fully saturated rings. The Labute approximate surface area is 37.7 Å². The second-order valence-corrected chi connectivity index (χ2v) is 3.09. The summed E-state index contributed by atoms with van der Waals surface area (Å²) in [6, 6.07) is 0. The zero-order valence-corrected chi connectivity index (χ0v) is 4.37. The molecule has 6 heavy (non-hydrogen) atoms. The van der Waals surface area contributed by atoms with Gasteiger partial charge in [0.05, 0.1) is 0 Å². The number of hydrogen-bond donors (Lipinski definition) is 1. The monoisotopic (exact) mass is 104 g/mol. The minimum atomic E-state index is -0.826. The third-order valence-corrected chi connectivity index (χ3v) is 2.12. The first kappa shape index (κ1) is 4.23. The molecule has 2 nitrogen and oxygen atoms in total. The predicted octanol–water partition coefficient (Wildman–Crippen LogP) is 0.374. The molecule has 34 valence electrons. The molecule has 0 spiro atoms. The van der Waals surface area contributed by atoms with Gasteiger partial charge in [0.15, 0.2) is 12.4 Å². The van der Waals surface area contributed by atoms with Crippen LogP contribution in [0.4, 0.5) is 0 Å². The summed E-state index contributed by atoms with van der Waals surface area (Å²) in [4.78, 5) is 0. The fraction of sp³-hybridized carbons (Fsp3) is 1.00. The van der Waals surface area contributed by atoms with Crippen molar-refractivity contribution in [1.82, 2.24) is 5.32 Å². The molecule has 1 saturated heterocycles. The van der Waals surface area contributed by atoms with Gasteiger partial charge in [0.2, 0.25) is 0 Å². The molecule has 3 heteroatoms. The van der Waals surface area contributed by atoms with Crippen LogP contribution in [0.25, 0.3) is 0 Å². The summed E-state index contributed by atoms with van der Waals surface area (Å²) in [7, 11) is -0.826. The third-order valence-electron chi connectivity index (χ3n) is 0.826. The van der Waals surface area contributed by atoms with E-state index in [1.807, 2.05) is 0 Å². The van der Waals surface area contributed by atoms with E-state index < -0.39 is 7.80 Å². The van der Waals surface area contributed by atoms with E-state index in [-0.39, 0.29) is 0 Å². The van der Waals surface area contributed by atoms with E-state index in [9.17, 15) is 4.57 Å². The van der Waals surface area contributed by atoms with Gasteiger partial charge in [-0.3, -0.25) is 5.32 Å². The Balaban J connectivity index is 2.37. The van der Waals surface area contributed by atoms with Crippen molar-refractivity contribution < 1.29 is 4.57 Å². The van der Waals surface area contributed by atoms with Crippen LogP contribution in [0.1, 0.15) is 0 Å².